The number of rotatable bonds is 2. The number of hydrogen-bond acceptors (Lipinski definition) is 2. The van der Waals surface area contributed by atoms with E-state index in [0.29, 0.717) is 6.54 Å². The van der Waals surface area contributed by atoms with Crippen molar-refractivity contribution >= 4 is 10.9 Å². The Balaban J connectivity index is 2.00. The fourth-order valence-electron chi connectivity index (χ4n) is 2.05. The van der Waals surface area contributed by atoms with Crippen LogP contribution in [0, 0.1) is 0 Å². The van der Waals surface area contributed by atoms with Gasteiger partial charge < -0.3 is 4.57 Å². The van der Waals surface area contributed by atoms with Gasteiger partial charge in [-0.2, -0.15) is 0 Å². The Morgan fingerprint density at radius 2 is 2.11 bits per heavy atom. The summed E-state index contributed by atoms with van der Waals surface area (Å²) in [7, 11) is 1.75. The summed E-state index contributed by atoms with van der Waals surface area (Å²) in [6.07, 6.45) is 5.35. The van der Waals surface area contributed by atoms with Crippen LogP contribution in [0.25, 0.3) is 10.9 Å². The maximum absolute atomic E-state index is 11.8. The Bertz CT molecular complexity index is 755. The van der Waals surface area contributed by atoms with Crippen LogP contribution in [0.5, 0.6) is 0 Å². The van der Waals surface area contributed by atoms with Crippen molar-refractivity contribution in [2.45, 2.75) is 6.54 Å². The lowest BCUT2D eigenvalue weighted by atomic mass is 10.1. The summed E-state index contributed by atoms with van der Waals surface area (Å²) in [5.74, 6) is 0. The predicted molar refractivity (Wildman–Crippen MR) is 70.5 cm³/mol. The van der Waals surface area contributed by atoms with Crippen molar-refractivity contribution in [2.75, 3.05) is 0 Å². The summed E-state index contributed by atoms with van der Waals surface area (Å²) in [6.45, 7) is 0.588. The largest absolute Gasteiger partial charge is 0.328 e. The Morgan fingerprint density at radius 3 is 2.89 bits per heavy atom. The molecular weight excluding hydrogens is 226 g/mol. The highest BCUT2D eigenvalue weighted by Crippen LogP contribution is 2.13. The zero-order chi connectivity index (χ0) is 12.5. The fourth-order valence-corrected chi connectivity index (χ4v) is 2.05. The van der Waals surface area contributed by atoms with Crippen LogP contribution in [0.3, 0.4) is 0 Å². The summed E-state index contributed by atoms with van der Waals surface area (Å²) in [5.41, 5.74) is 2.08. The third-order valence-electron chi connectivity index (χ3n) is 3.04. The van der Waals surface area contributed by atoms with Crippen LogP contribution in [-0.4, -0.2) is 14.1 Å². The van der Waals surface area contributed by atoms with Crippen molar-refractivity contribution in [3.63, 3.8) is 0 Å². The molecular formula is C14H13N3O. The highest BCUT2D eigenvalue weighted by atomic mass is 16.1. The second-order valence-corrected chi connectivity index (χ2v) is 4.35. The molecule has 0 bridgehead atoms. The normalized spacial score (nSPS) is 10.9. The maximum Gasteiger partial charge on any atom is 0.328 e. The minimum atomic E-state index is 0.00119. The number of aryl methyl sites for hydroxylation is 1. The van der Waals surface area contributed by atoms with Gasteiger partial charge in [-0.15, -0.1) is 0 Å². The molecule has 1 aromatic carbocycles. The molecule has 2 aromatic heterocycles. The molecule has 0 fully saturated rings. The lowest BCUT2D eigenvalue weighted by Gasteiger charge is -2.03. The minimum absolute atomic E-state index is 0.00119. The quantitative estimate of drug-likeness (QED) is 0.684. The van der Waals surface area contributed by atoms with Gasteiger partial charge in [-0.05, 0) is 23.8 Å². The first kappa shape index (κ1) is 10.8. The molecule has 4 heteroatoms. The van der Waals surface area contributed by atoms with E-state index in [-0.39, 0.29) is 5.69 Å². The molecule has 0 saturated heterocycles. The molecule has 0 aliphatic carbocycles. The summed E-state index contributed by atoms with van der Waals surface area (Å²) in [6, 6.07) is 10.0. The summed E-state index contributed by atoms with van der Waals surface area (Å²) in [4.78, 5) is 16.0. The van der Waals surface area contributed by atoms with E-state index < -0.39 is 0 Å². The highest BCUT2D eigenvalue weighted by Gasteiger charge is 2.02. The average molecular weight is 239 g/mol. The second kappa shape index (κ2) is 4.14. The monoisotopic (exact) mass is 239 g/mol. The Kier molecular flexibility index (Phi) is 2.48. The van der Waals surface area contributed by atoms with Crippen LogP contribution in [-0.2, 0) is 13.6 Å². The maximum atomic E-state index is 11.8. The van der Waals surface area contributed by atoms with E-state index in [1.165, 1.54) is 0 Å². The topological polar surface area (TPSA) is 39.8 Å². The first-order chi connectivity index (χ1) is 8.74. The molecule has 0 aliphatic heterocycles. The molecule has 0 aliphatic rings. The molecule has 0 amide bonds. The molecule has 90 valence electrons. The van der Waals surface area contributed by atoms with Gasteiger partial charge in [-0.1, -0.05) is 12.1 Å². The SMILES string of the molecule is Cn1ccn(Cc2ccc3ncccc3c2)c1=O. The van der Waals surface area contributed by atoms with E-state index in [9.17, 15) is 4.79 Å². The molecule has 0 saturated carbocycles. The van der Waals surface area contributed by atoms with Crippen molar-refractivity contribution in [2.24, 2.45) is 7.05 Å². The van der Waals surface area contributed by atoms with E-state index in [4.69, 9.17) is 0 Å². The number of fused-ring (bicyclic) bond motifs is 1. The first-order valence-electron chi connectivity index (χ1n) is 5.79. The van der Waals surface area contributed by atoms with E-state index >= 15 is 0 Å². The highest BCUT2D eigenvalue weighted by molar-refractivity contribution is 5.78. The Morgan fingerprint density at radius 1 is 1.22 bits per heavy atom. The van der Waals surface area contributed by atoms with E-state index in [1.807, 2.05) is 24.3 Å². The number of imidazole rings is 1. The smallest absolute Gasteiger partial charge is 0.302 e. The number of pyridine rings is 1. The molecule has 2 heterocycles. The predicted octanol–water partition coefficient (Wildman–Crippen LogP) is 1.78. The lowest BCUT2D eigenvalue weighted by molar-refractivity contribution is 0.718. The van der Waals surface area contributed by atoms with Crippen LogP contribution in [0.1, 0.15) is 5.56 Å². The molecule has 3 rings (SSSR count). The number of aromatic nitrogens is 3. The summed E-state index contributed by atoms with van der Waals surface area (Å²) < 4.78 is 3.26. The van der Waals surface area contributed by atoms with Crippen molar-refractivity contribution in [1.29, 1.82) is 0 Å². The van der Waals surface area contributed by atoms with Crippen LogP contribution in [0.4, 0.5) is 0 Å². The Hall–Kier alpha value is -2.36. The van der Waals surface area contributed by atoms with Crippen LogP contribution >= 0.6 is 0 Å². The van der Waals surface area contributed by atoms with Crippen LogP contribution in [0.2, 0.25) is 0 Å². The second-order valence-electron chi connectivity index (χ2n) is 4.35. The van der Waals surface area contributed by atoms with Gasteiger partial charge in [0.1, 0.15) is 0 Å². The standard InChI is InChI=1S/C14H13N3O/c1-16-7-8-17(14(16)18)10-11-4-5-13-12(9-11)3-2-6-15-13/h2-9H,10H2,1H3. The van der Waals surface area contributed by atoms with Gasteiger partial charge >= 0.3 is 5.69 Å². The first-order valence-corrected chi connectivity index (χ1v) is 5.79. The zero-order valence-corrected chi connectivity index (χ0v) is 10.1. The Labute approximate surface area is 104 Å². The summed E-state index contributed by atoms with van der Waals surface area (Å²) in [5, 5.41) is 1.10. The third-order valence-corrected chi connectivity index (χ3v) is 3.04. The van der Waals surface area contributed by atoms with Crippen molar-refractivity contribution in [3.05, 3.63) is 65.0 Å². The van der Waals surface area contributed by atoms with Gasteiger partial charge in [0.25, 0.3) is 0 Å². The molecule has 0 N–H and O–H groups in total. The van der Waals surface area contributed by atoms with Crippen molar-refractivity contribution in [3.8, 4) is 0 Å². The molecule has 0 unspecified atom stereocenters. The number of benzene rings is 1. The van der Waals surface area contributed by atoms with Gasteiger partial charge in [-0.25, -0.2) is 4.79 Å². The molecule has 0 atom stereocenters. The fraction of sp³-hybridized carbons (Fsp3) is 0.143. The van der Waals surface area contributed by atoms with E-state index in [0.717, 1.165) is 16.5 Å². The molecule has 4 nitrogen and oxygen atoms in total. The van der Waals surface area contributed by atoms with Crippen molar-refractivity contribution < 1.29 is 0 Å². The summed E-state index contributed by atoms with van der Waals surface area (Å²) >= 11 is 0. The van der Waals surface area contributed by atoms with Gasteiger partial charge in [0.15, 0.2) is 0 Å². The minimum Gasteiger partial charge on any atom is -0.302 e. The third kappa shape index (κ3) is 1.82. The van der Waals surface area contributed by atoms with Gasteiger partial charge in [-0.3, -0.25) is 9.55 Å². The average Bonchev–Trinajstić information content (AvgIpc) is 2.71. The van der Waals surface area contributed by atoms with Crippen LogP contribution in [0.15, 0.2) is 53.7 Å². The molecule has 18 heavy (non-hydrogen) atoms. The van der Waals surface area contributed by atoms with Crippen LogP contribution < -0.4 is 5.69 Å². The van der Waals surface area contributed by atoms with Gasteiger partial charge in [0.2, 0.25) is 0 Å². The number of nitrogens with zero attached hydrogens (tertiary/aromatic N) is 3. The molecule has 0 radical (unpaired) electrons. The number of hydrogen-bond donors (Lipinski definition) is 0. The van der Waals surface area contributed by atoms with Gasteiger partial charge in [0, 0.05) is 31.0 Å². The van der Waals surface area contributed by atoms with Crippen molar-refractivity contribution in [1.82, 2.24) is 14.1 Å². The zero-order valence-electron chi connectivity index (χ0n) is 10.1. The molecule has 3 aromatic rings. The van der Waals surface area contributed by atoms with Gasteiger partial charge in [0.05, 0.1) is 12.1 Å². The lowest BCUT2D eigenvalue weighted by Crippen LogP contribution is -2.22. The van der Waals surface area contributed by atoms with E-state index in [1.54, 1.807) is 34.8 Å². The molecule has 0 spiro atoms. The van der Waals surface area contributed by atoms with E-state index in [2.05, 4.69) is 11.1 Å².